The Morgan fingerprint density at radius 2 is 1.28 bits per heavy atom. The third-order valence-corrected chi connectivity index (χ3v) is 9.47. The molecule has 0 nitrogen and oxygen atoms in total. The molecule has 0 aromatic heterocycles. The van der Waals surface area contributed by atoms with E-state index in [9.17, 15) is 0 Å². The molecule has 0 saturated carbocycles. The summed E-state index contributed by atoms with van der Waals surface area (Å²) < 4.78 is 0. The van der Waals surface area contributed by atoms with E-state index in [4.69, 9.17) is 0 Å². The highest BCUT2D eigenvalue weighted by Crippen LogP contribution is 2.41. The number of aryl methyl sites for hydroxylation is 2. The molecule has 0 heteroatoms. The second-order valence-electron chi connectivity index (χ2n) is 12.7. The third kappa shape index (κ3) is 6.20. The van der Waals surface area contributed by atoms with Crippen LogP contribution in [-0.4, -0.2) is 0 Å². The Balaban J connectivity index is 1.34. The van der Waals surface area contributed by atoms with Crippen molar-refractivity contribution in [3.8, 4) is 44.5 Å². The lowest BCUT2D eigenvalue weighted by atomic mass is 9.87. The summed E-state index contributed by atoms with van der Waals surface area (Å²) in [7, 11) is 0. The van der Waals surface area contributed by atoms with Crippen molar-refractivity contribution < 1.29 is 0 Å². The van der Waals surface area contributed by atoms with Gasteiger partial charge in [0.2, 0.25) is 0 Å². The smallest absolute Gasteiger partial charge is 0.00134 e. The van der Waals surface area contributed by atoms with Gasteiger partial charge in [0.05, 0.1) is 0 Å². The van der Waals surface area contributed by atoms with E-state index in [1.807, 2.05) is 19.1 Å². The number of hydrogen-bond acceptors (Lipinski definition) is 0. The van der Waals surface area contributed by atoms with Crippen LogP contribution in [0.2, 0.25) is 0 Å². The van der Waals surface area contributed by atoms with Crippen LogP contribution in [0.1, 0.15) is 45.9 Å². The molecule has 6 aromatic rings. The normalized spacial score (nSPS) is 12.3. The summed E-state index contributed by atoms with van der Waals surface area (Å²) in [5.41, 5.74) is 20.6. The van der Waals surface area contributed by atoms with E-state index in [1.54, 1.807) is 0 Å². The third-order valence-electron chi connectivity index (χ3n) is 9.47. The highest BCUT2D eigenvalue weighted by Gasteiger charge is 2.20. The van der Waals surface area contributed by atoms with Gasteiger partial charge in [-0.05, 0) is 141 Å². The van der Waals surface area contributed by atoms with Crippen molar-refractivity contribution in [1.82, 2.24) is 0 Å². The van der Waals surface area contributed by atoms with Crippen LogP contribution in [-0.2, 0) is 12.8 Å². The molecule has 6 aromatic carbocycles. The maximum atomic E-state index is 4.07. The molecule has 0 spiro atoms. The monoisotopic (exact) mass is 604 g/mol. The van der Waals surface area contributed by atoms with Crippen molar-refractivity contribution in [3.05, 3.63) is 197 Å². The number of rotatable bonds is 8. The van der Waals surface area contributed by atoms with E-state index in [0.717, 1.165) is 24.0 Å². The van der Waals surface area contributed by atoms with Crippen molar-refractivity contribution >= 4 is 5.57 Å². The van der Waals surface area contributed by atoms with Gasteiger partial charge in [-0.25, -0.2) is 0 Å². The number of benzene rings is 6. The van der Waals surface area contributed by atoms with Crippen LogP contribution in [0, 0.1) is 13.8 Å². The number of allylic oxidation sites excluding steroid dienone is 5. The van der Waals surface area contributed by atoms with Crippen LogP contribution in [0.15, 0.2) is 158 Å². The Labute approximate surface area is 280 Å². The maximum absolute atomic E-state index is 4.07. The van der Waals surface area contributed by atoms with Crippen LogP contribution in [0.3, 0.4) is 0 Å². The second-order valence-corrected chi connectivity index (χ2v) is 12.7. The molecule has 47 heavy (non-hydrogen) atoms. The fourth-order valence-corrected chi connectivity index (χ4v) is 6.89. The molecule has 7 rings (SSSR count). The molecule has 0 amide bonds. The average Bonchev–Trinajstić information content (AvgIpc) is 3.47. The van der Waals surface area contributed by atoms with Crippen molar-refractivity contribution in [2.45, 2.75) is 33.6 Å². The summed E-state index contributed by atoms with van der Waals surface area (Å²) in [6, 6.07) is 47.5. The van der Waals surface area contributed by atoms with Gasteiger partial charge in [-0.2, -0.15) is 0 Å². The molecule has 0 unspecified atom stereocenters. The molecule has 0 bridgehead atoms. The van der Waals surface area contributed by atoms with E-state index in [2.05, 4.69) is 160 Å². The van der Waals surface area contributed by atoms with Crippen molar-refractivity contribution in [3.63, 3.8) is 0 Å². The van der Waals surface area contributed by atoms with E-state index < -0.39 is 0 Å². The first-order chi connectivity index (χ1) is 23.0. The Morgan fingerprint density at radius 1 is 0.617 bits per heavy atom. The van der Waals surface area contributed by atoms with Gasteiger partial charge in [-0.15, -0.1) is 0 Å². The molecular weight excluding hydrogens is 565 g/mol. The molecule has 0 aliphatic heterocycles. The molecule has 1 aliphatic carbocycles. The first-order valence-corrected chi connectivity index (χ1v) is 16.6. The van der Waals surface area contributed by atoms with Crippen LogP contribution in [0.4, 0.5) is 0 Å². The van der Waals surface area contributed by atoms with Crippen molar-refractivity contribution in [2.75, 3.05) is 0 Å². The second kappa shape index (κ2) is 13.1. The fourth-order valence-electron chi connectivity index (χ4n) is 6.89. The van der Waals surface area contributed by atoms with Gasteiger partial charge < -0.3 is 0 Å². The molecule has 0 atom stereocenters. The SMILES string of the molecule is C=C/C(=C\C=C/C)c1cccc(-c2ccc(Cc3ccccc3)c(-c3cc(-c4ccc5c(c4)-c4cc(C)ccc4C5)ccc3C)c2)c1. The topological polar surface area (TPSA) is 0 Å². The zero-order valence-electron chi connectivity index (χ0n) is 27.6. The highest BCUT2D eigenvalue weighted by atomic mass is 14.2. The predicted octanol–water partition coefficient (Wildman–Crippen LogP) is 12.6. The first kappa shape index (κ1) is 30.2. The summed E-state index contributed by atoms with van der Waals surface area (Å²) in [5, 5.41) is 0. The van der Waals surface area contributed by atoms with E-state index in [0.29, 0.717) is 0 Å². The zero-order chi connectivity index (χ0) is 32.3. The zero-order valence-corrected chi connectivity index (χ0v) is 27.6. The predicted molar refractivity (Wildman–Crippen MR) is 203 cm³/mol. The summed E-state index contributed by atoms with van der Waals surface area (Å²) in [5.74, 6) is 0. The lowest BCUT2D eigenvalue weighted by Gasteiger charge is -2.17. The Morgan fingerprint density at radius 3 is 2.04 bits per heavy atom. The first-order valence-electron chi connectivity index (χ1n) is 16.6. The lowest BCUT2D eigenvalue weighted by molar-refractivity contribution is 1.19. The Bertz CT molecular complexity index is 2170. The standard InChI is InChI=1S/C47H40/c1-5-7-14-35(6-2)36-15-11-16-37(27-36)39-21-23-41(26-34-12-9-8-10-13-34)46(30-39)44-29-38(20-18-33(44)4)40-22-24-43-28-42-19-17-32(3)25-45(42)47(43)31-40/h5-25,27,29-31H,2,26,28H2,1,3-4H3/b7-5-,35-14+. The summed E-state index contributed by atoms with van der Waals surface area (Å²) >= 11 is 0. The van der Waals surface area contributed by atoms with Crippen molar-refractivity contribution in [2.24, 2.45) is 0 Å². The summed E-state index contributed by atoms with van der Waals surface area (Å²) in [6.45, 7) is 10.5. The fraction of sp³-hybridized carbons (Fsp3) is 0.106. The highest BCUT2D eigenvalue weighted by molar-refractivity contribution is 5.86. The van der Waals surface area contributed by atoms with Crippen LogP contribution < -0.4 is 0 Å². The summed E-state index contributed by atoms with van der Waals surface area (Å²) in [6.07, 6.45) is 10.1. The average molecular weight is 605 g/mol. The molecule has 0 N–H and O–H groups in total. The summed E-state index contributed by atoms with van der Waals surface area (Å²) in [4.78, 5) is 0. The number of hydrogen-bond donors (Lipinski definition) is 0. The largest absolute Gasteiger partial charge is 0.0984 e. The molecule has 0 fully saturated rings. The van der Waals surface area contributed by atoms with Gasteiger partial charge in [-0.3, -0.25) is 0 Å². The van der Waals surface area contributed by atoms with Crippen LogP contribution >= 0.6 is 0 Å². The molecule has 0 heterocycles. The minimum atomic E-state index is 0.877. The minimum absolute atomic E-state index is 0.877. The van der Waals surface area contributed by atoms with Gasteiger partial charge in [0.15, 0.2) is 0 Å². The molecular formula is C47H40. The van der Waals surface area contributed by atoms with Gasteiger partial charge in [0, 0.05) is 0 Å². The minimum Gasteiger partial charge on any atom is -0.0984 e. The quantitative estimate of drug-likeness (QED) is 0.151. The van der Waals surface area contributed by atoms with Gasteiger partial charge in [0.1, 0.15) is 0 Å². The molecule has 0 radical (unpaired) electrons. The van der Waals surface area contributed by atoms with Gasteiger partial charge >= 0.3 is 0 Å². The lowest BCUT2D eigenvalue weighted by Crippen LogP contribution is -1.96. The van der Waals surface area contributed by atoms with E-state index in [-0.39, 0.29) is 0 Å². The van der Waals surface area contributed by atoms with Crippen LogP contribution in [0.25, 0.3) is 50.1 Å². The molecule has 0 saturated heterocycles. The van der Waals surface area contributed by atoms with Gasteiger partial charge in [0.25, 0.3) is 0 Å². The maximum Gasteiger partial charge on any atom is -0.00134 e. The number of fused-ring (bicyclic) bond motifs is 3. The van der Waals surface area contributed by atoms with Crippen molar-refractivity contribution in [1.29, 1.82) is 0 Å². The Kier molecular flexibility index (Phi) is 8.42. The molecule has 1 aliphatic rings. The Hall–Kier alpha value is -5.46. The van der Waals surface area contributed by atoms with E-state index >= 15 is 0 Å². The van der Waals surface area contributed by atoms with E-state index in [1.165, 1.54) is 77.9 Å². The molecule has 228 valence electrons. The van der Waals surface area contributed by atoms with Crippen LogP contribution in [0.5, 0.6) is 0 Å². The van der Waals surface area contributed by atoms with Gasteiger partial charge in [-0.1, -0.05) is 140 Å².